The Morgan fingerprint density at radius 3 is 2.31 bits per heavy atom. The van der Waals surface area contributed by atoms with Gasteiger partial charge in [-0.2, -0.15) is 0 Å². The number of rotatable bonds is 6. The lowest BCUT2D eigenvalue weighted by Crippen LogP contribution is -2.38. The monoisotopic (exact) mass is 421 g/mol. The molecule has 2 aliphatic heterocycles. The molecule has 2 heterocycles. The Kier molecular flexibility index (Phi) is 6.26. The number of carbonyl (C=O) groups excluding carboxylic acids is 3. The van der Waals surface area contributed by atoms with Crippen LogP contribution in [0.2, 0.25) is 0 Å². The van der Waals surface area contributed by atoms with E-state index in [9.17, 15) is 22.8 Å². The average molecular weight is 422 g/mol. The SMILES string of the molecule is CC(C)CC(=O)Nc1ccc(NC(=O)[C@@H]2CC(=O)N([C@H]3CCS(=O)(=O)C3)C2)cc1. The second-order valence-electron chi connectivity index (χ2n) is 8.22. The van der Waals surface area contributed by atoms with E-state index >= 15 is 0 Å². The van der Waals surface area contributed by atoms with Gasteiger partial charge in [0, 0.05) is 36.8 Å². The van der Waals surface area contributed by atoms with Crippen LogP contribution in [0.1, 0.15) is 33.1 Å². The highest BCUT2D eigenvalue weighted by Gasteiger charge is 2.41. The van der Waals surface area contributed by atoms with Crippen LogP contribution in [0, 0.1) is 11.8 Å². The van der Waals surface area contributed by atoms with Gasteiger partial charge in [0.1, 0.15) is 0 Å². The Morgan fingerprint density at radius 1 is 1.14 bits per heavy atom. The zero-order valence-electron chi connectivity index (χ0n) is 16.7. The van der Waals surface area contributed by atoms with Crippen molar-refractivity contribution in [3.05, 3.63) is 24.3 Å². The molecular formula is C20H27N3O5S. The Bertz CT molecular complexity index is 895. The van der Waals surface area contributed by atoms with Gasteiger partial charge < -0.3 is 15.5 Å². The number of hydrogen-bond donors (Lipinski definition) is 2. The molecule has 0 aliphatic carbocycles. The predicted molar refractivity (Wildman–Crippen MR) is 110 cm³/mol. The van der Waals surface area contributed by atoms with Gasteiger partial charge in [0.15, 0.2) is 9.84 Å². The van der Waals surface area contributed by atoms with Crippen LogP contribution in [-0.4, -0.2) is 55.1 Å². The van der Waals surface area contributed by atoms with Crippen molar-refractivity contribution in [2.24, 2.45) is 11.8 Å². The standard InChI is InChI=1S/C20H27N3O5S/c1-13(2)9-18(24)21-15-3-5-16(6-4-15)22-20(26)14-10-19(25)23(11-14)17-7-8-29(27,28)12-17/h3-6,13-14,17H,7-12H2,1-2H3,(H,21,24)(H,22,26)/t14-,17+/m1/s1. The van der Waals surface area contributed by atoms with Crippen LogP contribution < -0.4 is 10.6 Å². The van der Waals surface area contributed by atoms with Crippen LogP contribution >= 0.6 is 0 Å². The molecule has 3 amide bonds. The third kappa shape index (κ3) is 5.56. The summed E-state index contributed by atoms with van der Waals surface area (Å²) in [6.45, 7) is 4.19. The van der Waals surface area contributed by atoms with Crippen molar-refractivity contribution in [2.75, 3.05) is 28.7 Å². The molecule has 0 bridgehead atoms. The molecule has 2 atom stereocenters. The number of carbonyl (C=O) groups is 3. The summed E-state index contributed by atoms with van der Waals surface area (Å²) < 4.78 is 23.3. The first-order chi connectivity index (χ1) is 13.6. The van der Waals surface area contributed by atoms with Gasteiger partial charge in [-0.05, 0) is 36.6 Å². The summed E-state index contributed by atoms with van der Waals surface area (Å²) in [5.41, 5.74) is 1.23. The van der Waals surface area contributed by atoms with Gasteiger partial charge in [-0.15, -0.1) is 0 Å². The number of nitrogens with zero attached hydrogens (tertiary/aromatic N) is 1. The topological polar surface area (TPSA) is 113 Å². The molecule has 8 nitrogen and oxygen atoms in total. The summed E-state index contributed by atoms with van der Waals surface area (Å²) in [5.74, 6) is -0.651. The molecular weight excluding hydrogens is 394 g/mol. The molecule has 0 radical (unpaired) electrons. The predicted octanol–water partition coefficient (Wildman–Crippen LogP) is 1.65. The van der Waals surface area contributed by atoms with Gasteiger partial charge >= 0.3 is 0 Å². The van der Waals surface area contributed by atoms with Crippen molar-refractivity contribution < 1.29 is 22.8 Å². The highest BCUT2D eigenvalue weighted by atomic mass is 32.2. The van der Waals surface area contributed by atoms with Crippen LogP contribution in [0.5, 0.6) is 0 Å². The number of nitrogens with one attached hydrogen (secondary N) is 2. The number of benzene rings is 1. The maximum absolute atomic E-state index is 12.6. The fraction of sp³-hybridized carbons (Fsp3) is 0.550. The van der Waals surface area contributed by atoms with Crippen LogP contribution in [0.25, 0.3) is 0 Å². The Balaban J connectivity index is 1.54. The molecule has 3 rings (SSSR count). The van der Waals surface area contributed by atoms with Gasteiger partial charge in [0.2, 0.25) is 17.7 Å². The first kappa shape index (κ1) is 21.3. The van der Waals surface area contributed by atoms with E-state index in [0.717, 1.165) is 0 Å². The van der Waals surface area contributed by atoms with E-state index in [4.69, 9.17) is 0 Å². The summed E-state index contributed by atoms with van der Waals surface area (Å²) in [6, 6.07) is 6.49. The molecule has 2 saturated heterocycles. The quantitative estimate of drug-likeness (QED) is 0.725. The molecule has 9 heteroatoms. The largest absolute Gasteiger partial charge is 0.338 e. The summed E-state index contributed by atoms with van der Waals surface area (Å²) >= 11 is 0. The summed E-state index contributed by atoms with van der Waals surface area (Å²) in [5, 5.41) is 5.60. The number of anilines is 2. The fourth-order valence-corrected chi connectivity index (χ4v) is 5.48. The van der Waals surface area contributed by atoms with Gasteiger partial charge in [-0.3, -0.25) is 14.4 Å². The highest BCUT2D eigenvalue weighted by molar-refractivity contribution is 7.91. The van der Waals surface area contributed by atoms with Crippen molar-refractivity contribution in [2.45, 2.75) is 39.2 Å². The molecule has 0 saturated carbocycles. The van der Waals surface area contributed by atoms with Crippen LogP contribution in [0.4, 0.5) is 11.4 Å². The fourth-order valence-electron chi connectivity index (χ4n) is 3.75. The minimum Gasteiger partial charge on any atom is -0.338 e. The third-order valence-electron chi connectivity index (χ3n) is 5.21. The highest BCUT2D eigenvalue weighted by Crippen LogP contribution is 2.27. The van der Waals surface area contributed by atoms with Gasteiger partial charge in [0.25, 0.3) is 0 Å². The second-order valence-corrected chi connectivity index (χ2v) is 10.4. The van der Waals surface area contributed by atoms with Crippen LogP contribution in [0.15, 0.2) is 24.3 Å². The second kappa shape index (κ2) is 8.52. The summed E-state index contributed by atoms with van der Waals surface area (Å²) in [4.78, 5) is 38.2. The van der Waals surface area contributed by atoms with Gasteiger partial charge in [0.05, 0.1) is 17.4 Å². The Hall–Kier alpha value is -2.42. The first-order valence-electron chi connectivity index (χ1n) is 9.83. The number of hydrogen-bond acceptors (Lipinski definition) is 5. The normalized spacial score (nSPS) is 23.4. The average Bonchev–Trinajstić information content (AvgIpc) is 3.18. The van der Waals surface area contributed by atoms with Gasteiger partial charge in [-0.1, -0.05) is 13.8 Å². The van der Waals surface area contributed by atoms with E-state index in [1.54, 1.807) is 29.2 Å². The molecule has 0 unspecified atom stereocenters. The van der Waals surface area contributed by atoms with Crippen LogP contribution in [-0.2, 0) is 24.2 Å². The molecule has 2 N–H and O–H groups in total. The van der Waals surface area contributed by atoms with Crippen molar-refractivity contribution in [1.82, 2.24) is 4.90 Å². The molecule has 2 fully saturated rings. The lowest BCUT2D eigenvalue weighted by molar-refractivity contribution is -0.129. The minimum atomic E-state index is -3.09. The Labute approximate surface area is 170 Å². The maximum atomic E-state index is 12.6. The zero-order chi connectivity index (χ0) is 21.2. The molecule has 0 spiro atoms. The summed E-state index contributed by atoms with van der Waals surface area (Å²) in [7, 11) is -3.09. The van der Waals surface area contributed by atoms with E-state index in [2.05, 4.69) is 10.6 Å². The molecule has 158 valence electrons. The molecule has 2 aliphatic rings. The lowest BCUT2D eigenvalue weighted by atomic mass is 10.1. The first-order valence-corrected chi connectivity index (χ1v) is 11.7. The third-order valence-corrected chi connectivity index (χ3v) is 6.96. The van der Waals surface area contributed by atoms with E-state index in [1.165, 1.54) is 0 Å². The van der Waals surface area contributed by atoms with Gasteiger partial charge in [-0.25, -0.2) is 8.42 Å². The summed E-state index contributed by atoms with van der Waals surface area (Å²) in [6.07, 6.45) is 0.963. The van der Waals surface area contributed by atoms with Crippen LogP contribution in [0.3, 0.4) is 0 Å². The van der Waals surface area contributed by atoms with Crippen molar-refractivity contribution >= 4 is 38.9 Å². The zero-order valence-corrected chi connectivity index (χ0v) is 17.5. The van der Waals surface area contributed by atoms with E-state index in [0.29, 0.717) is 24.2 Å². The maximum Gasteiger partial charge on any atom is 0.229 e. The van der Waals surface area contributed by atoms with E-state index < -0.39 is 15.8 Å². The van der Waals surface area contributed by atoms with Crippen molar-refractivity contribution in [3.63, 3.8) is 0 Å². The Morgan fingerprint density at radius 2 is 1.76 bits per heavy atom. The molecule has 29 heavy (non-hydrogen) atoms. The van der Waals surface area contributed by atoms with Crippen molar-refractivity contribution in [3.8, 4) is 0 Å². The minimum absolute atomic E-state index is 0.0168. The molecule has 0 aromatic heterocycles. The number of likely N-dealkylation sites (tertiary alicyclic amines) is 1. The molecule has 1 aromatic carbocycles. The van der Waals surface area contributed by atoms with Crippen molar-refractivity contribution in [1.29, 1.82) is 0 Å². The molecule has 1 aromatic rings. The van der Waals surface area contributed by atoms with E-state index in [-0.39, 0.29) is 54.2 Å². The number of amides is 3. The van der Waals surface area contributed by atoms with E-state index in [1.807, 2.05) is 13.8 Å². The number of sulfone groups is 1. The lowest BCUT2D eigenvalue weighted by Gasteiger charge is -2.22. The smallest absolute Gasteiger partial charge is 0.229 e.